The van der Waals surface area contributed by atoms with Gasteiger partial charge in [0.25, 0.3) is 11.8 Å². The molecule has 212 valence electrons. The zero-order valence-corrected chi connectivity index (χ0v) is 24.2. The minimum atomic E-state index is -0.398. The van der Waals surface area contributed by atoms with Crippen LogP contribution in [0.5, 0.6) is 0 Å². The molecule has 13 heteroatoms. The van der Waals surface area contributed by atoms with Crippen LogP contribution in [0, 0.1) is 5.82 Å². The van der Waals surface area contributed by atoms with Gasteiger partial charge in [-0.15, -0.1) is 21.5 Å². The number of nitrogens with one attached hydrogen (secondary N) is 1. The number of thiophene rings is 1. The number of furan rings is 1. The van der Waals surface area contributed by atoms with E-state index in [9.17, 15) is 14.0 Å². The molecular weight excluding hydrogens is 599 g/mol. The highest BCUT2D eigenvalue weighted by atomic mass is 35.5. The lowest BCUT2D eigenvalue weighted by atomic mass is 10.0. The number of hydrazone groups is 1. The molecular formula is C29H22ClFN6O3S2. The van der Waals surface area contributed by atoms with E-state index in [0.717, 1.165) is 16.2 Å². The first-order valence-electron chi connectivity index (χ1n) is 12.8. The van der Waals surface area contributed by atoms with Crippen molar-refractivity contribution in [2.24, 2.45) is 5.10 Å². The van der Waals surface area contributed by atoms with E-state index < -0.39 is 5.91 Å². The number of nitrogens with zero attached hydrogens (tertiary/aromatic N) is 5. The van der Waals surface area contributed by atoms with E-state index in [1.165, 1.54) is 35.2 Å². The van der Waals surface area contributed by atoms with E-state index in [-0.39, 0.29) is 35.8 Å². The second kappa shape index (κ2) is 12.3. The van der Waals surface area contributed by atoms with Crippen LogP contribution in [-0.2, 0) is 11.3 Å². The molecule has 0 spiro atoms. The molecule has 42 heavy (non-hydrogen) atoms. The van der Waals surface area contributed by atoms with Crippen molar-refractivity contribution in [3.8, 4) is 5.69 Å². The van der Waals surface area contributed by atoms with Crippen molar-refractivity contribution in [3.63, 3.8) is 0 Å². The lowest BCUT2D eigenvalue weighted by Crippen LogP contribution is -2.28. The number of halogens is 2. The fourth-order valence-corrected chi connectivity index (χ4v) is 6.23. The summed E-state index contributed by atoms with van der Waals surface area (Å²) in [6.45, 7) is 0.0563. The van der Waals surface area contributed by atoms with Crippen LogP contribution in [0.2, 0.25) is 5.02 Å². The SMILES string of the molecule is O=C(NCc1nnc(SCC(=O)N2N=C(c3cccs3)C[C@H]2c2ccc(F)cc2)n1-c1cccc(Cl)c1)c1ccco1. The minimum absolute atomic E-state index is 0.0103. The third-order valence-corrected chi connectivity index (χ3v) is 8.54. The van der Waals surface area contributed by atoms with Crippen molar-refractivity contribution in [2.45, 2.75) is 24.2 Å². The van der Waals surface area contributed by atoms with Gasteiger partial charge in [-0.1, -0.05) is 47.6 Å². The Kier molecular flexibility index (Phi) is 8.17. The summed E-state index contributed by atoms with van der Waals surface area (Å²) in [5.41, 5.74) is 2.27. The smallest absolute Gasteiger partial charge is 0.287 e. The summed E-state index contributed by atoms with van der Waals surface area (Å²) in [4.78, 5) is 27.1. The van der Waals surface area contributed by atoms with E-state index in [4.69, 9.17) is 16.0 Å². The highest BCUT2D eigenvalue weighted by molar-refractivity contribution is 7.99. The minimum Gasteiger partial charge on any atom is -0.459 e. The fourth-order valence-electron chi connectivity index (χ4n) is 4.51. The first-order valence-corrected chi connectivity index (χ1v) is 15.0. The molecule has 0 saturated carbocycles. The Balaban J connectivity index is 1.24. The van der Waals surface area contributed by atoms with E-state index in [1.54, 1.807) is 58.4 Å². The third-order valence-electron chi connectivity index (χ3n) is 6.47. The van der Waals surface area contributed by atoms with E-state index >= 15 is 0 Å². The number of benzene rings is 2. The summed E-state index contributed by atoms with van der Waals surface area (Å²) < 4.78 is 20.6. The van der Waals surface area contributed by atoms with Gasteiger partial charge in [0.2, 0.25) is 0 Å². The van der Waals surface area contributed by atoms with Gasteiger partial charge in [-0.05, 0) is 59.5 Å². The van der Waals surface area contributed by atoms with Crippen molar-refractivity contribution >= 4 is 52.2 Å². The number of rotatable bonds is 9. The molecule has 0 saturated heterocycles. The van der Waals surface area contributed by atoms with Crippen molar-refractivity contribution < 1.29 is 18.4 Å². The predicted octanol–water partition coefficient (Wildman–Crippen LogP) is 6.11. The molecule has 1 aliphatic rings. The Morgan fingerprint density at radius 3 is 2.69 bits per heavy atom. The van der Waals surface area contributed by atoms with Gasteiger partial charge < -0.3 is 9.73 Å². The quantitative estimate of drug-likeness (QED) is 0.199. The number of hydrogen-bond acceptors (Lipinski definition) is 8. The van der Waals surface area contributed by atoms with Gasteiger partial charge >= 0.3 is 0 Å². The van der Waals surface area contributed by atoms with Crippen molar-refractivity contribution in [1.82, 2.24) is 25.1 Å². The van der Waals surface area contributed by atoms with Crippen LogP contribution in [0.3, 0.4) is 0 Å². The van der Waals surface area contributed by atoms with Gasteiger partial charge in [0.15, 0.2) is 16.7 Å². The number of carbonyl (C=O) groups excluding carboxylic acids is 2. The molecule has 1 N–H and O–H groups in total. The second-order valence-corrected chi connectivity index (χ2v) is 11.5. The van der Waals surface area contributed by atoms with Gasteiger partial charge in [-0.3, -0.25) is 14.2 Å². The zero-order chi connectivity index (χ0) is 29.1. The van der Waals surface area contributed by atoms with Crippen LogP contribution in [0.25, 0.3) is 5.69 Å². The average Bonchev–Trinajstić information content (AvgIpc) is 3.81. The molecule has 0 aliphatic carbocycles. The molecule has 2 amide bonds. The van der Waals surface area contributed by atoms with Gasteiger partial charge in [-0.2, -0.15) is 5.10 Å². The lowest BCUT2D eigenvalue weighted by molar-refractivity contribution is -0.130. The molecule has 2 aromatic carbocycles. The molecule has 1 aliphatic heterocycles. The predicted molar refractivity (Wildman–Crippen MR) is 158 cm³/mol. The Bertz CT molecular complexity index is 1740. The first kappa shape index (κ1) is 27.9. The van der Waals surface area contributed by atoms with Crippen LogP contribution >= 0.6 is 34.7 Å². The van der Waals surface area contributed by atoms with Gasteiger partial charge in [-0.25, -0.2) is 9.40 Å². The number of hydrogen-bond donors (Lipinski definition) is 1. The maximum Gasteiger partial charge on any atom is 0.287 e. The summed E-state index contributed by atoms with van der Waals surface area (Å²) in [7, 11) is 0. The Morgan fingerprint density at radius 1 is 1.10 bits per heavy atom. The van der Waals surface area contributed by atoms with Gasteiger partial charge in [0.1, 0.15) is 5.82 Å². The average molecular weight is 621 g/mol. The Labute approximate surface area is 253 Å². The third kappa shape index (κ3) is 6.01. The standard InChI is InChI=1S/C29H22ClFN6O3S2/c30-19-4-1-5-21(14-19)36-26(16-32-28(39)24-6-2-12-40-24)33-34-29(36)42-17-27(38)37-23(18-8-10-20(31)11-9-18)15-22(35-37)25-7-3-13-41-25/h1-14,23H,15-17H2,(H,32,39)/t23-/m0/s1. The molecule has 0 radical (unpaired) electrons. The summed E-state index contributed by atoms with van der Waals surface area (Å²) in [5, 5.41) is 20.4. The largest absolute Gasteiger partial charge is 0.459 e. The molecule has 4 heterocycles. The van der Waals surface area contributed by atoms with Crippen LogP contribution < -0.4 is 5.32 Å². The van der Waals surface area contributed by atoms with Crippen LogP contribution in [0.4, 0.5) is 4.39 Å². The second-order valence-electron chi connectivity index (χ2n) is 9.20. The molecule has 6 rings (SSSR count). The fraction of sp³-hybridized carbons (Fsp3) is 0.138. The maximum atomic E-state index is 13.7. The summed E-state index contributed by atoms with van der Waals surface area (Å²) in [6, 6.07) is 20.0. The highest BCUT2D eigenvalue weighted by Crippen LogP contribution is 2.35. The van der Waals surface area contributed by atoms with Crippen LogP contribution in [0.1, 0.15) is 39.3 Å². The summed E-state index contributed by atoms with van der Waals surface area (Å²) >= 11 is 9.02. The monoisotopic (exact) mass is 620 g/mol. The van der Waals surface area contributed by atoms with Crippen molar-refractivity contribution in [2.75, 3.05) is 5.75 Å². The Hall–Kier alpha value is -4.26. The molecule has 1 atom stereocenters. The highest BCUT2D eigenvalue weighted by Gasteiger charge is 2.33. The molecule has 0 bridgehead atoms. The number of aromatic nitrogens is 3. The normalized spacial score (nSPS) is 14.7. The Morgan fingerprint density at radius 2 is 1.95 bits per heavy atom. The number of thioether (sulfide) groups is 1. The van der Waals surface area contributed by atoms with E-state index in [0.29, 0.717) is 28.1 Å². The molecule has 0 unspecified atom stereocenters. The van der Waals surface area contributed by atoms with E-state index in [1.807, 2.05) is 23.6 Å². The molecule has 3 aromatic heterocycles. The number of amides is 2. The molecule has 5 aromatic rings. The van der Waals surface area contributed by atoms with Crippen LogP contribution in [-0.4, -0.2) is 43.1 Å². The zero-order valence-electron chi connectivity index (χ0n) is 21.8. The first-order chi connectivity index (χ1) is 20.5. The lowest BCUT2D eigenvalue weighted by Gasteiger charge is -2.22. The maximum absolute atomic E-state index is 13.7. The van der Waals surface area contributed by atoms with E-state index in [2.05, 4.69) is 20.6 Å². The topological polar surface area (TPSA) is 106 Å². The van der Waals surface area contributed by atoms with Crippen LogP contribution in [0.15, 0.2) is 99.1 Å². The summed E-state index contributed by atoms with van der Waals surface area (Å²) in [5.74, 6) is -0.361. The number of carbonyl (C=O) groups is 2. The van der Waals surface area contributed by atoms with Gasteiger partial charge in [0.05, 0.1) is 40.9 Å². The van der Waals surface area contributed by atoms with Gasteiger partial charge in [0, 0.05) is 11.4 Å². The molecule has 9 nitrogen and oxygen atoms in total. The molecule has 0 fully saturated rings. The summed E-state index contributed by atoms with van der Waals surface area (Å²) in [6.07, 6.45) is 1.93. The van der Waals surface area contributed by atoms with Crippen molar-refractivity contribution in [1.29, 1.82) is 0 Å². The van der Waals surface area contributed by atoms with Crippen molar-refractivity contribution in [3.05, 3.63) is 117 Å².